The third-order valence-corrected chi connectivity index (χ3v) is 4.16. The molecule has 0 bridgehead atoms. The van der Waals surface area contributed by atoms with Crippen molar-refractivity contribution < 1.29 is 4.79 Å². The normalized spacial score (nSPS) is 20.4. The van der Waals surface area contributed by atoms with Gasteiger partial charge in [-0.05, 0) is 12.5 Å². The van der Waals surface area contributed by atoms with E-state index in [1.165, 1.54) is 6.92 Å². The Morgan fingerprint density at radius 2 is 2.14 bits per heavy atom. The highest BCUT2D eigenvalue weighted by atomic mass is 35.5. The molecule has 1 atom stereocenters. The Kier molecular flexibility index (Phi) is 5.32. The average Bonchev–Trinajstić information content (AvgIpc) is 2.61. The summed E-state index contributed by atoms with van der Waals surface area (Å²) in [6.07, 6.45) is 1.24. The van der Waals surface area contributed by atoms with Crippen molar-refractivity contribution in [2.24, 2.45) is 26.8 Å². The lowest BCUT2D eigenvalue weighted by Crippen LogP contribution is -2.27. The number of halogens is 2. The molecule has 1 aliphatic heterocycles. The lowest BCUT2D eigenvalue weighted by molar-refractivity contribution is -0.115. The zero-order valence-electron chi connectivity index (χ0n) is 12.3. The van der Waals surface area contributed by atoms with Crippen molar-refractivity contribution in [3.63, 3.8) is 0 Å². The van der Waals surface area contributed by atoms with Crippen LogP contribution in [0.3, 0.4) is 0 Å². The lowest BCUT2D eigenvalue weighted by atomic mass is 9.90. The highest BCUT2D eigenvalue weighted by molar-refractivity contribution is 6.54. The van der Waals surface area contributed by atoms with Gasteiger partial charge in [-0.25, -0.2) is 4.99 Å². The maximum Gasteiger partial charge on any atom is 0.242 e. The van der Waals surface area contributed by atoms with Gasteiger partial charge in [0.1, 0.15) is 11.5 Å². The zero-order chi connectivity index (χ0) is 16.3. The van der Waals surface area contributed by atoms with Gasteiger partial charge in [0.05, 0.1) is 15.8 Å². The van der Waals surface area contributed by atoms with Gasteiger partial charge >= 0.3 is 0 Å². The monoisotopic (exact) mass is 338 g/mol. The van der Waals surface area contributed by atoms with Gasteiger partial charge in [-0.2, -0.15) is 0 Å². The molecule has 2 rings (SSSR count). The topological polar surface area (TPSA) is 80.2 Å². The Hall–Kier alpha value is -1.72. The Morgan fingerprint density at radius 1 is 1.41 bits per heavy atom. The van der Waals surface area contributed by atoms with E-state index in [1.54, 1.807) is 18.2 Å². The third kappa shape index (κ3) is 3.54. The van der Waals surface area contributed by atoms with Gasteiger partial charge in [0.15, 0.2) is 0 Å². The molecule has 0 fully saturated rings. The SMILES string of the molecule is CCC1CC(N)=NN=C(c2cccc(Cl)c2Cl)C1=NC(C)=O. The van der Waals surface area contributed by atoms with Crippen LogP contribution in [-0.2, 0) is 4.79 Å². The van der Waals surface area contributed by atoms with Crippen molar-refractivity contribution in [3.05, 3.63) is 33.8 Å². The molecule has 22 heavy (non-hydrogen) atoms. The number of aliphatic imine (C=N–C) groups is 1. The van der Waals surface area contributed by atoms with E-state index < -0.39 is 0 Å². The summed E-state index contributed by atoms with van der Waals surface area (Å²) in [6, 6.07) is 5.21. The predicted octanol–water partition coefficient (Wildman–Crippen LogP) is 3.47. The number of rotatable bonds is 2. The minimum Gasteiger partial charge on any atom is -0.386 e. The Labute approximate surface area is 138 Å². The van der Waals surface area contributed by atoms with Crippen LogP contribution in [0.1, 0.15) is 32.3 Å². The van der Waals surface area contributed by atoms with Gasteiger partial charge < -0.3 is 5.73 Å². The van der Waals surface area contributed by atoms with Crippen LogP contribution < -0.4 is 5.73 Å². The van der Waals surface area contributed by atoms with Gasteiger partial charge in [-0.15, -0.1) is 10.2 Å². The van der Waals surface area contributed by atoms with Crippen LogP contribution >= 0.6 is 23.2 Å². The summed E-state index contributed by atoms with van der Waals surface area (Å²) in [5.74, 6) is 0.0416. The fourth-order valence-electron chi connectivity index (χ4n) is 2.28. The van der Waals surface area contributed by atoms with E-state index in [-0.39, 0.29) is 11.8 Å². The lowest BCUT2D eigenvalue weighted by Gasteiger charge is -2.17. The van der Waals surface area contributed by atoms with Gasteiger partial charge in [0, 0.05) is 24.8 Å². The molecule has 0 saturated carbocycles. The summed E-state index contributed by atoms with van der Waals surface area (Å²) in [7, 11) is 0. The molecule has 7 heteroatoms. The molecule has 0 spiro atoms. The van der Waals surface area contributed by atoms with Crippen molar-refractivity contribution in [2.75, 3.05) is 0 Å². The summed E-state index contributed by atoms with van der Waals surface area (Å²) < 4.78 is 0. The number of hydrogen-bond acceptors (Lipinski definition) is 4. The number of hydrogen-bond donors (Lipinski definition) is 1. The van der Waals surface area contributed by atoms with Gasteiger partial charge in [0.25, 0.3) is 0 Å². The summed E-state index contributed by atoms with van der Waals surface area (Å²) in [6.45, 7) is 3.39. The van der Waals surface area contributed by atoms with Gasteiger partial charge in [0.2, 0.25) is 5.91 Å². The highest BCUT2D eigenvalue weighted by Crippen LogP contribution is 2.29. The summed E-state index contributed by atoms with van der Waals surface area (Å²) >= 11 is 12.3. The molecule has 5 nitrogen and oxygen atoms in total. The van der Waals surface area contributed by atoms with Gasteiger partial charge in [-0.1, -0.05) is 42.3 Å². The fourth-order valence-corrected chi connectivity index (χ4v) is 2.67. The highest BCUT2D eigenvalue weighted by Gasteiger charge is 2.27. The van der Waals surface area contributed by atoms with E-state index in [0.717, 1.165) is 6.42 Å². The van der Waals surface area contributed by atoms with E-state index in [4.69, 9.17) is 28.9 Å². The molecule has 0 saturated heterocycles. The minimum absolute atomic E-state index is 0.0519. The van der Waals surface area contributed by atoms with Crippen molar-refractivity contribution >= 4 is 46.4 Å². The third-order valence-electron chi connectivity index (χ3n) is 3.34. The van der Waals surface area contributed by atoms with E-state index in [9.17, 15) is 4.79 Å². The largest absolute Gasteiger partial charge is 0.386 e. The molecular weight excluding hydrogens is 323 g/mol. The molecule has 116 valence electrons. The summed E-state index contributed by atoms with van der Waals surface area (Å²) in [5.41, 5.74) is 7.42. The van der Waals surface area contributed by atoms with E-state index >= 15 is 0 Å². The second-order valence-electron chi connectivity index (χ2n) is 4.97. The molecule has 0 aromatic heterocycles. The summed E-state index contributed by atoms with van der Waals surface area (Å²) in [5, 5.41) is 8.91. The van der Waals surface area contributed by atoms with E-state index in [1.807, 2.05) is 6.92 Å². The van der Waals surface area contributed by atoms with Crippen molar-refractivity contribution in [2.45, 2.75) is 26.7 Å². The van der Waals surface area contributed by atoms with Crippen LogP contribution in [0, 0.1) is 5.92 Å². The number of benzene rings is 1. The standard InChI is InChI=1S/C15H16Cl2N4O/c1-3-9-7-12(18)20-21-15(14(9)19-8(2)22)10-5-4-6-11(16)13(10)17/h4-6,9H,3,7H2,1-2H3,(H2,18,20). The fraction of sp³-hybridized carbons (Fsp3) is 0.333. The molecule has 1 aromatic carbocycles. The van der Waals surface area contributed by atoms with Crippen LogP contribution in [0.15, 0.2) is 33.4 Å². The van der Waals surface area contributed by atoms with Crippen LogP contribution in [0.4, 0.5) is 0 Å². The number of amides is 1. The molecule has 0 radical (unpaired) electrons. The van der Waals surface area contributed by atoms with Crippen molar-refractivity contribution in [1.82, 2.24) is 0 Å². The Balaban J connectivity index is 2.66. The number of carbonyl (C=O) groups is 1. The molecule has 2 N–H and O–H groups in total. The number of amidine groups is 1. The maximum atomic E-state index is 11.5. The maximum absolute atomic E-state index is 11.5. The quantitative estimate of drug-likeness (QED) is 0.895. The second kappa shape index (κ2) is 7.03. The zero-order valence-corrected chi connectivity index (χ0v) is 13.8. The first-order chi connectivity index (χ1) is 10.4. The first kappa shape index (κ1) is 16.6. The number of carbonyl (C=O) groups excluding carboxylic acids is 1. The molecule has 1 amide bonds. The smallest absolute Gasteiger partial charge is 0.242 e. The summed E-state index contributed by atoms with van der Waals surface area (Å²) in [4.78, 5) is 15.7. The molecule has 1 aromatic rings. The van der Waals surface area contributed by atoms with E-state index in [2.05, 4.69) is 15.2 Å². The van der Waals surface area contributed by atoms with Crippen molar-refractivity contribution in [1.29, 1.82) is 0 Å². The molecule has 0 aliphatic carbocycles. The molecule has 1 unspecified atom stereocenters. The van der Waals surface area contributed by atoms with E-state index in [0.29, 0.717) is 39.3 Å². The first-order valence-electron chi connectivity index (χ1n) is 6.88. The Morgan fingerprint density at radius 3 is 2.77 bits per heavy atom. The van der Waals surface area contributed by atoms with Crippen LogP contribution in [0.2, 0.25) is 10.0 Å². The van der Waals surface area contributed by atoms with Gasteiger partial charge in [-0.3, -0.25) is 4.79 Å². The molecule has 1 aliphatic rings. The van der Waals surface area contributed by atoms with Crippen LogP contribution in [0.5, 0.6) is 0 Å². The average molecular weight is 339 g/mol. The predicted molar refractivity (Wildman–Crippen MR) is 91.1 cm³/mol. The van der Waals surface area contributed by atoms with Crippen molar-refractivity contribution in [3.8, 4) is 0 Å². The number of nitrogens with two attached hydrogens (primary N) is 1. The minimum atomic E-state index is -0.306. The Bertz CT molecular complexity index is 695. The van der Waals surface area contributed by atoms with Crippen LogP contribution in [0.25, 0.3) is 0 Å². The first-order valence-corrected chi connectivity index (χ1v) is 7.63. The molecule has 1 heterocycles. The number of nitrogens with zero attached hydrogens (tertiary/aromatic N) is 3. The van der Waals surface area contributed by atoms with Crippen LogP contribution in [-0.4, -0.2) is 23.2 Å². The molecular formula is C15H16Cl2N4O. The second-order valence-corrected chi connectivity index (χ2v) is 5.75.